The molecule has 2 unspecified atom stereocenters. The molecule has 0 heterocycles. The minimum absolute atomic E-state index is 0.0525. The third-order valence-corrected chi connectivity index (χ3v) is 4.05. The van der Waals surface area contributed by atoms with Crippen molar-refractivity contribution in [3.05, 3.63) is 75.3 Å². The van der Waals surface area contributed by atoms with Crippen LogP contribution in [0.2, 0.25) is 0 Å². The molecule has 0 fully saturated rings. The van der Waals surface area contributed by atoms with E-state index >= 15 is 0 Å². The number of rotatable bonds is 8. The number of carbonyl (C=O) groups excluding carboxylic acids is 1. The number of benzene rings is 2. The summed E-state index contributed by atoms with van der Waals surface area (Å²) in [5.74, 6) is 0. The number of nitrogens with one attached hydrogen (secondary N) is 1. The Balaban J connectivity index is 1.77. The Labute approximate surface area is 156 Å². The second kappa shape index (κ2) is 9.65. The minimum Gasteiger partial charge on any atom is -0.445 e. The molecule has 8 nitrogen and oxygen atoms in total. The lowest BCUT2D eigenvalue weighted by atomic mass is 9.99. The number of alkyl carbamates (subject to hydrolysis) is 1. The number of carbonyl (C=O) groups is 1. The number of nitro benzene ring substituents is 1. The SMILES string of the molecule is Cc1cc(C(O)C(O)CCNC(=O)OCc2ccccc2)ccc1[N+](=O)[O-]. The van der Waals surface area contributed by atoms with E-state index in [4.69, 9.17) is 4.74 Å². The van der Waals surface area contributed by atoms with Crippen LogP contribution in [0.3, 0.4) is 0 Å². The number of nitro groups is 1. The van der Waals surface area contributed by atoms with E-state index in [0.717, 1.165) is 5.56 Å². The number of aryl methyl sites for hydroxylation is 1. The Kier molecular flexibility index (Phi) is 7.27. The van der Waals surface area contributed by atoms with E-state index in [-0.39, 0.29) is 25.3 Å². The summed E-state index contributed by atoms with van der Waals surface area (Å²) >= 11 is 0. The largest absolute Gasteiger partial charge is 0.445 e. The average Bonchev–Trinajstić information content (AvgIpc) is 2.66. The molecule has 0 radical (unpaired) electrons. The Hall–Kier alpha value is -2.97. The van der Waals surface area contributed by atoms with Gasteiger partial charge in [0.1, 0.15) is 12.7 Å². The molecule has 0 aliphatic carbocycles. The van der Waals surface area contributed by atoms with Crippen molar-refractivity contribution >= 4 is 11.8 Å². The van der Waals surface area contributed by atoms with Crippen molar-refractivity contribution in [2.24, 2.45) is 0 Å². The number of amides is 1. The van der Waals surface area contributed by atoms with Gasteiger partial charge in [-0.1, -0.05) is 30.3 Å². The topological polar surface area (TPSA) is 122 Å². The van der Waals surface area contributed by atoms with E-state index in [0.29, 0.717) is 11.1 Å². The molecule has 0 bridgehead atoms. The van der Waals surface area contributed by atoms with Gasteiger partial charge in [0.15, 0.2) is 0 Å². The van der Waals surface area contributed by atoms with Crippen LogP contribution < -0.4 is 5.32 Å². The molecule has 8 heteroatoms. The first-order valence-corrected chi connectivity index (χ1v) is 8.44. The van der Waals surface area contributed by atoms with Crippen molar-refractivity contribution in [2.45, 2.75) is 32.2 Å². The van der Waals surface area contributed by atoms with Gasteiger partial charge in [0, 0.05) is 18.2 Å². The van der Waals surface area contributed by atoms with Crippen molar-refractivity contribution in [1.29, 1.82) is 0 Å². The third-order valence-electron chi connectivity index (χ3n) is 4.05. The summed E-state index contributed by atoms with van der Waals surface area (Å²) in [6.07, 6.45) is -2.88. The monoisotopic (exact) mass is 374 g/mol. The second-order valence-corrected chi connectivity index (χ2v) is 6.09. The van der Waals surface area contributed by atoms with E-state index in [2.05, 4.69) is 5.32 Å². The third kappa shape index (κ3) is 6.05. The lowest BCUT2D eigenvalue weighted by molar-refractivity contribution is -0.385. The zero-order valence-corrected chi connectivity index (χ0v) is 14.9. The van der Waals surface area contributed by atoms with Crippen molar-refractivity contribution in [3.8, 4) is 0 Å². The molecule has 0 aliphatic heterocycles. The standard InChI is InChI=1S/C19H22N2O6/c1-13-11-15(7-8-16(13)21(25)26)18(23)17(22)9-10-20-19(24)27-12-14-5-3-2-4-6-14/h2-8,11,17-18,22-23H,9-10,12H2,1H3,(H,20,24). The van der Waals surface area contributed by atoms with Crippen LogP contribution in [0.25, 0.3) is 0 Å². The molecule has 27 heavy (non-hydrogen) atoms. The lowest BCUT2D eigenvalue weighted by Gasteiger charge is -2.18. The lowest BCUT2D eigenvalue weighted by Crippen LogP contribution is -2.29. The Bertz CT molecular complexity index is 781. The van der Waals surface area contributed by atoms with Crippen LogP contribution in [-0.2, 0) is 11.3 Å². The summed E-state index contributed by atoms with van der Waals surface area (Å²) < 4.78 is 5.05. The van der Waals surface area contributed by atoms with E-state index in [1.54, 1.807) is 6.92 Å². The predicted molar refractivity (Wildman–Crippen MR) is 98.0 cm³/mol. The van der Waals surface area contributed by atoms with Gasteiger partial charge in [-0.2, -0.15) is 0 Å². The van der Waals surface area contributed by atoms with E-state index in [1.807, 2.05) is 30.3 Å². The van der Waals surface area contributed by atoms with Crippen molar-refractivity contribution < 1.29 is 24.7 Å². The molecule has 1 amide bonds. The van der Waals surface area contributed by atoms with Gasteiger partial charge in [-0.05, 0) is 36.6 Å². The second-order valence-electron chi connectivity index (χ2n) is 6.09. The fourth-order valence-electron chi connectivity index (χ4n) is 2.54. The Morgan fingerprint density at radius 1 is 1.22 bits per heavy atom. The van der Waals surface area contributed by atoms with Gasteiger partial charge in [0.25, 0.3) is 5.69 Å². The molecule has 2 aromatic rings. The molecule has 0 spiro atoms. The van der Waals surface area contributed by atoms with Crippen LogP contribution in [0.5, 0.6) is 0 Å². The minimum atomic E-state index is -1.22. The summed E-state index contributed by atoms with van der Waals surface area (Å²) in [4.78, 5) is 22.0. The smallest absolute Gasteiger partial charge is 0.407 e. The molecule has 2 rings (SSSR count). The molecular weight excluding hydrogens is 352 g/mol. The zero-order chi connectivity index (χ0) is 19.8. The first kappa shape index (κ1) is 20.3. The average molecular weight is 374 g/mol. The fraction of sp³-hybridized carbons (Fsp3) is 0.316. The van der Waals surface area contributed by atoms with Gasteiger partial charge >= 0.3 is 6.09 Å². The normalized spacial score (nSPS) is 12.9. The van der Waals surface area contributed by atoms with Gasteiger partial charge in [-0.15, -0.1) is 0 Å². The summed E-state index contributed by atoms with van der Waals surface area (Å²) in [5, 5.41) is 33.6. The molecule has 0 saturated heterocycles. The Morgan fingerprint density at radius 2 is 1.93 bits per heavy atom. The van der Waals surface area contributed by atoms with Crippen LogP contribution in [0.1, 0.15) is 29.2 Å². The molecule has 2 aromatic carbocycles. The van der Waals surface area contributed by atoms with E-state index in [1.165, 1.54) is 18.2 Å². The van der Waals surface area contributed by atoms with E-state index in [9.17, 15) is 25.1 Å². The molecule has 0 saturated carbocycles. The summed E-state index contributed by atoms with van der Waals surface area (Å²) in [7, 11) is 0. The maximum absolute atomic E-state index is 11.6. The van der Waals surface area contributed by atoms with Crippen LogP contribution in [0, 0.1) is 17.0 Å². The number of aliphatic hydroxyl groups excluding tert-OH is 2. The first-order valence-electron chi connectivity index (χ1n) is 8.44. The van der Waals surface area contributed by atoms with Gasteiger partial charge in [0.2, 0.25) is 0 Å². The highest BCUT2D eigenvalue weighted by molar-refractivity contribution is 5.67. The molecule has 144 valence electrons. The highest BCUT2D eigenvalue weighted by atomic mass is 16.6. The van der Waals surface area contributed by atoms with Gasteiger partial charge in [-0.25, -0.2) is 4.79 Å². The number of aliphatic hydroxyl groups is 2. The van der Waals surface area contributed by atoms with Gasteiger partial charge in [-0.3, -0.25) is 10.1 Å². The molecule has 2 atom stereocenters. The highest BCUT2D eigenvalue weighted by Gasteiger charge is 2.21. The predicted octanol–water partition coefficient (Wildman–Crippen LogP) is 2.61. The number of hydrogen-bond acceptors (Lipinski definition) is 6. The summed E-state index contributed by atoms with van der Waals surface area (Å²) in [6.45, 7) is 1.81. The molecule has 3 N–H and O–H groups in total. The fourth-order valence-corrected chi connectivity index (χ4v) is 2.54. The number of nitrogens with zero attached hydrogens (tertiary/aromatic N) is 1. The molecular formula is C19H22N2O6. The molecule has 0 aromatic heterocycles. The number of hydrogen-bond donors (Lipinski definition) is 3. The van der Waals surface area contributed by atoms with Crippen molar-refractivity contribution in [2.75, 3.05) is 6.54 Å². The maximum Gasteiger partial charge on any atom is 0.407 e. The number of ether oxygens (including phenoxy) is 1. The summed E-state index contributed by atoms with van der Waals surface area (Å²) in [6, 6.07) is 13.4. The van der Waals surface area contributed by atoms with E-state index < -0.39 is 23.2 Å². The quantitative estimate of drug-likeness (QED) is 0.482. The van der Waals surface area contributed by atoms with Crippen LogP contribution >= 0.6 is 0 Å². The Morgan fingerprint density at radius 3 is 2.56 bits per heavy atom. The van der Waals surface area contributed by atoms with Gasteiger partial charge < -0.3 is 20.3 Å². The van der Waals surface area contributed by atoms with Gasteiger partial charge in [0.05, 0.1) is 11.0 Å². The molecule has 0 aliphatic rings. The zero-order valence-electron chi connectivity index (χ0n) is 14.9. The first-order chi connectivity index (χ1) is 12.9. The van der Waals surface area contributed by atoms with Crippen LogP contribution in [0.4, 0.5) is 10.5 Å². The highest BCUT2D eigenvalue weighted by Crippen LogP contribution is 2.25. The van der Waals surface area contributed by atoms with Crippen LogP contribution in [-0.4, -0.2) is 33.9 Å². The van der Waals surface area contributed by atoms with Crippen molar-refractivity contribution in [3.63, 3.8) is 0 Å². The van der Waals surface area contributed by atoms with Crippen LogP contribution in [0.15, 0.2) is 48.5 Å². The van der Waals surface area contributed by atoms with Crippen molar-refractivity contribution in [1.82, 2.24) is 5.32 Å². The maximum atomic E-state index is 11.6. The summed E-state index contributed by atoms with van der Waals surface area (Å²) in [5.41, 5.74) is 1.57.